The maximum atomic E-state index is 14.9. The van der Waals surface area contributed by atoms with E-state index in [9.17, 15) is 14.6 Å². The van der Waals surface area contributed by atoms with Gasteiger partial charge in [-0.05, 0) is 82.6 Å². The van der Waals surface area contributed by atoms with E-state index in [0.29, 0.717) is 50.7 Å². The zero-order valence-corrected chi connectivity index (χ0v) is 24.7. The number of fused-ring (bicyclic) bond motifs is 2. The fraction of sp³-hybridized carbons (Fsp3) is 0.562. The summed E-state index contributed by atoms with van der Waals surface area (Å²) >= 11 is 0. The Morgan fingerprint density at radius 2 is 1.90 bits per heavy atom. The summed E-state index contributed by atoms with van der Waals surface area (Å²) in [4.78, 5) is 16.5. The molecule has 2 aromatic carbocycles. The van der Waals surface area contributed by atoms with Gasteiger partial charge >= 0.3 is 6.01 Å². The Labute approximate surface area is 241 Å². The molecule has 1 atom stereocenters. The molecule has 6 rings (SSSR count). The van der Waals surface area contributed by atoms with Crippen LogP contribution in [0.15, 0.2) is 24.3 Å². The van der Waals surface area contributed by atoms with Crippen LogP contribution >= 0.6 is 0 Å². The highest BCUT2D eigenvalue weighted by Crippen LogP contribution is 2.46. The minimum absolute atomic E-state index is 0.144. The molecule has 1 saturated carbocycles. The molecule has 220 valence electrons. The number of piperidine rings is 1. The van der Waals surface area contributed by atoms with Crippen molar-refractivity contribution in [3.05, 3.63) is 46.9 Å². The van der Waals surface area contributed by atoms with Crippen molar-refractivity contribution in [3.8, 4) is 11.8 Å². The molecular formula is C32H42FN5O3. The number of rotatable bonds is 8. The summed E-state index contributed by atoms with van der Waals surface area (Å²) in [5, 5.41) is 23.1. The van der Waals surface area contributed by atoms with Gasteiger partial charge < -0.3 is 29.6 Å². The summed E-state index contributed by atoms with van der Waals surface area (Å²) in [6.07, 6.45) is 5.17. The minimum Gasteiger partial charge on any atom is -0.508 e. The van der Waals surface area contributed by atoms with Crippen molar-refractivity contribution in [1.29, 1.82) is 0 Å². The summed E-state index contributed by atoms with van der Waals surface area (Å²) in [6.45, 7) is 7.89. The van der Waals surface area contributed by atoms with Crippen LogP contribution in [-0.2, 0) is 19.4 Å². The number of benzene rings is 2. The lowest BCUT2D eigenvalue weighted by Gasteiger charge is -2.40. The van der Waals surface area contributed by atoms with E-state index in [4.69, 9.17) is 14.7 Å². The first-order valence-electron chi connectivity index (χ1n) is 14.9. The number of nitrogens with zero attached hydrogens (tertiary/aromatic N) is 5. The van der Waals surface area contributed by atoms with Gasteiger partial charge in [0, 0.05) is 54.3 Å². The molecule has 8 nitrogen and oxygen atoms in total. The number of aromatic hydroxyl groups is 1. The molecule has 1 aliphatic carbocycles. The number of anilines is 2. The third kappa shape index (κ3) is 5.66. The molecule has 41 heavy (non-hydrogen) atoms. The Hall–Kier alpha value is -3.17. The van der Waals surface area contributed by atoms with E-state index in [2.05, 4.69) is 28.8 Å². The van der Waals surface area contributed by atoms with Gasteiger partial charge in [-0.1, -0.05) is 13.0 Å². The van der Waals surface area contributed by atoms with Crippen molar-refractivity contribution < 1.29 is 19.3 Å². The predicted octanol–water partition coefficient (Wildman–Crippen LogP) is 4.67. The van der Waals surface area contributed by atoms with Crippen molar-refractivity contribution in [1.82, 2.24) is 14.9 Å². The average molecular weight is 564 g/mol. The first-order valence-corrected chi connectivity index (χ1v) is 14.9. The van der Waals surface area contributed by atoms with Gasteiger partial charge in [-0.25, -0.2) is 4.39 Å². The molecule has 0 radical (unpaired) electrons. The maximum absolute atomic E-state index is 14.9. The van der Waals surface area contributed by atoms with Crippen LogP contribution in [0.5, 0.6) is 11.8 Å². The van der Waals surface area contributed by atoms with Crippen LogP contribution in [0.2, 0.25) is 0 Å². The Bertz CT molecular complexity index is 1460. The van der Waals surface area contributed by atoms with E-state index in [1.54, 1.807) is 18.2 Å². The van der Waals surface area contributed by atoms with Crippen molar-refractivity contribution in [2.24, 2.45) is 5.41 Å². The normalized spacial score (nSPS) is 21.8. The average Bonchev–Trinajstić information content (AvgIpc) is 3.69. The highest BCUT2D eigenvalue weighted by atomic mass is 19.1. The summed E-state index contributed by atoms with van der Waals surface area (Å²) in [5.74, 6) is 0.780. The molecule has 2 aliphatic heterocycles. The number of aliphatic hydroxyl groups is 1. The van der Waals surface area contributed by atoms with E-state index < -0.39 is 5.60 Å². The molecule has 3 aliphatic rings. The van der Waals surface area contributed by atoms with E-state index in [0.717, 1.165) is 72.3 Å². The van der Waals surface area contributed by atoms with Gasteiger partial charge in [0.05, 0.1) is 24.4 Å². The Balaban J connectivity index is 1.38. The summed E-state index contributed by atoms with van der Waals surface area (Å²) < 4.78 is 21.2. The Morgan fingerprint density at radius 3 is 2.61 bits per heavy atom. The first-order chi connectivity index (χ1) is 19.6. The van der Waals surface area contributed by atoms with Crippen LogP contribution in [0.25, 0.3) is 10.8 Å². The minimum atomic E-state index is -0.775. The third-order valence-electron chi connectivity index (χ3n) is 8.94. The van der Waals surface area contributed by atoms with Gasteiger partial charge in [-0.2, -0.15) is 9.97 Å². The van der Waals surface area contributed by atoms with Gasteiger partial charge in [0.1, 0.15) is 17.4 Å². The van der Waals surface area contributed by atoms with Crippen LogP contribution in [0, 0.1) is 11.2 Å². The number of β-amino-alcohol motifs (C(OH)–C–C–N with tert-alkyl or cyclic N) is 1. The van der Waals surface area contributed by atoms with E-state index in [1.165, 1.54) is 6.07 Å². The van der Waals surface area contributed by atoms with E-state index >= 15 is 0 Å². The lowest BCUT2D eigenvalue weighted by Crippen LogP contribution is -2.47. The number of phenolic OH excluding ortho intramolecular Hbond substituents is 1. The topological polar surface area (TPSA) is 85.2 Å². The highest BCUT2D eigenvalue weighted by molar-refractivity contribution is 5.98. The molecule has 0 amide bonds. The van der Waals surface area contributed by atoms with Crippen LogP contribution in [0.4, 0.5) is 15.9 Å². The van der Waals surface area contributed by atoms with E-state index in [-0.39, 0.29) is 17.0 Å². The predicted molar refractivity (Wildman–Crippen MR) is 160 cm³/mol. The molecule has 9 heteroatoms. The zero-order valence-electron chi connectivity index (χ0n) is 24.7. The van der Waals surface area contributed by atoms with Crippen molar-refractivity contribution in [2.45, 2.75) is 64.5 Å². The van der Waals surface area contributed by atoms with Crippen LogP contribution in [0.3, 0.4) is 0 Å². The van der Waals surface area contributed by atoms with Gasteiger partial charge in [0.15, 0.2) is 0 Å². The van der Waals surface area contributed by atoms with Gasteiger partial charge in [-0.3, -0.25) is 0 Å². The van der Waals surface area contributed by atoms with Crippen LogP contribution in [0.1, 0.15) is 56.4 Å². The second-order valence-electron chi connectivity index (χ2n) is 12.9. The van der Waals surface area contributed by atoms with Crippen LogP contribution < -0.4 is 14.5 Å². The fourth-order valence-corrected chi connectivity index (χ4v) is 6.81. The lowest BCUT2D eigenvalue weighted by molar-refractivity contribution is 0.0445. The smallest absolute Gasteiger partial charge is 0.318 e. The molecule has 3 heterocycles. The number of aryl methyl sites for hydroxylation is 1. The fourth-order valence-electron chi connectivity index (χ4n) is 6.81. The largest absolute Gasteiger partial charge is 0.508 e. The van der Waals surface area contributed by atoms with E-state index in [1.807, 2.05) is 13.8 Å². The Morgan fingerprint density at radius 1 is 1.10 bits per heavy atom. The molecule has 1 saturated heterocycles. The molecule has 0 bridgehead atoms. The van der Waals surface area contributed by atoms with Crippen molar-refractivity contribution in [3.63, 3.8) is 0 Å². The first kappa shape index (κ1) is 28.0. The third-order valence-corrected chi connectivity index (χ3v) is 8.94. The number of ether oxygens (including phenoxy) is 1. The quantitative estimate of drug-likeness (QED) is 0.409. The lowest BCUT2D eigenvalue weighted by atomic mass is 9.94. The molecule has 0 spiro atoms. The van der Waals surface area contributed by atoms with Crippen LogP contribution in [-0.4, -0.2) is 77.6 Å². The number of aromatic nitrogens is 2. The van der Waals surface area contributed by atoms with Crippen molar-refractivity contribution in [2.75, 3.05) is 56.7 Å². The molecule has 1 aromatic heterocycles. The second kappa shape index (κ2) is 10.6. The molecular weight excluding hydrogens is 521 g/mol. The molecule has 2 fully saturated rings. The summed E-state index contributed by atoms with van der Waals surface area (Å²) in [7, 11) is 4.18. The standard InChI is InChI=1S/C32H42FN5O3/c1-5-23-25(33)8-7-21-15-22(39)16-27(28(21)23)37-14-9-24-26(17-37)34-30(41-20-32(11-12-32)19-36(3)4)35-29(24)38-13-6-10-31(2,40)18-38/h7-8,15-16,39-40H,5-6,9-14,17-20H2,1-4H3/t31-/m1/s1. The SMILES string of the molecule is CCc1c(F)ccc2cc(O)cc(N3CCc4c(nc(OCC5(CN(C)C)CC5)nc4N4CCC[C@@](C)(O)C4)C3)c12. The monoisotopic (exact) mass is 563 g/mol. The molecule has 2 N–H and O–H groups in total. The maximum Gasteiger partial charge on any atom is 0.318 e. The molecule has 0 unspecified atom stereocenters. The zero-order chi connectivity index (χ0) is 28.9. The van der Waals surface area contributed by atoms with Crippen molar-refractivity contribution >= 4 is 22.3 Å². The molecule has 3 aromatic rings. The Kier molecular flexibility index (Phi) is 7.22. The van der Waals surface area contributed by atoms with Gasteiger partial charge in [0.25, 0.3) is 0 Å². The second-order valence-corrected chi connectivity index (χ2v) is 12.9. The summed E-state index contributed by atoms with van der Waals surface area (Å²) in [5.41, 5.74) is 2.79. The number of hydrogen-bond acceptors (Lipinski definition) is 8. The number of halogens is 1. The van der Waals surface area contributed by atoms with Gasteiger partial charge in [0.2, 0.25) is 0 Å². The highest BCUT2D eigenvalue weighted by Gasteiger charge is 2.44. The summed E-state index contributed by atoms with van der Waals surface area (Å²) in [6, 6.07) is 7.03. The van der Waals surface area contributed by atoms with Gasteiger partial charge in [-0.15, -0.1) is 0 Å². The number of phenols is 1. The number of hydrogen-bond donors (Lipinski definition) is 2.